The molecule has 0 bridgehead atoms. The normalized spacial score (nSPS) is 11.6. The second-order valence-electron chi connectivity index (χ2n) is 4.92. The van der Waals surface area contributed by atoms with Gasteiger partial charge in [0.15, 0.2) is 0 Å². The molecule has 0 spiro atoms. The first-order valence-corrected chi connectivity index (χ1v) is 9.75. The summed E-state index contributed by atoms with van der Waals surface area (Å²) in [5, 5.41) is 4.16. The lowest BCUT2D eigenvalue weighted by Gasteiger charge is -2.03. The Morgan fingerprint density at radius 1 is 1.30 bits per heavy atom. The van der Waals surface area contributed by atoms with Gasteiger partial charge in [-0.15, -0.1) is 16.4 Å². The second-order valence-corrected chi connectivity index (χ2v) is 9.29. The maximum atomic E-state index is 12.2. The van der Waals surface area contributed by atoms with Crippen molar-refractivity contribution in [2.45, 2.75) is 17.7 Å². The van der Waals surface area contributed by atoms with Gasteiger partial charge < -0.3 is 0 Å². The van der Waals surface area contributed by atoms with Crippen LogP contribution < -0.4 is 4.72 Å². The highest BCUT2D eigenvalue weighted by atomic mass is 79.9. The average molecular weight is 413 g/mol. The van der Waals surface area contributed by atoms with E-state index in [4.69, 9.17) is 0 Å². The lowest BCUT2D eigenvalue weighted by Crippen LogP contribution is -2.13. The van der Waals surface area contributed by atoms with Gasteiger partial charge in [0.2, 0.25) is 0 Å². The molecule has 6 nitrogen and oxygen atoms in total. The van der Waals surface area contributed by atoms with Crippen LogP contribution in [0.4, 0.5) is 5.95 Å². The topological polar surface area (TPSA) is 76.9 Å². The lowest BCUT2D eigenvalue weighted by atomic mass is 10.1. The molecule has 2 aromatic heterocycles. The third kappa shape index (κ3) is 3.98. The minimum atomic E-state index is -3.66. The van der Waals surface area contributed by atoms with Crippen LogP contribution in [-0.4, -0.2) is 23.2 Å². The first-order chi connectivity index (χ1) is 10.9. The Balaban J connectivity index is 1.74. The number of aromatic nitrogens is 3. The van der Waals surface area contributed by atoms with Crippen LogP contribution in [0.5, 0.6) is 0 Å². The van der Waals surface area contributed by atoms with Crippen molar-refractivity contribution in [1.82, 2.24) is 14.8 Å². The first-order valence-electron chi connectivity index (χ1n) is 6.65. The molecule has 2 heterocycles. The summed E-state index contributed by atoms with van der Waals surface area (Å²) in [7, 11) is -3.66. The van der Waals surface area contributed by atoms with Crippen LogP contribution in [0.2, 0.25) is 0 Å². The van der Waals surface area contributed by atoms with Crippen LogP contribution in [-0.2, 0) is 16.6 Å². The number of aryl methyl sites for hydroxylation is 1. The molecule has 23 heavy (non-hydrogen) atoms. The molecule has 0 aliphatic carbocycles. The number of halogens is 1. The fraction of sp³-hybridized carbons (Fsp3) is 0.143. The number of nitrogens with zero attached hydrogens (tertiary/aromatic N) is 3. The summed E-state index contributed by atoms with van der Waals surface area (Å²) in [4.78, 5) is 4.01. The van der Waals surface area contributed by atoms with Crippen LogP contribution in [0.15, 0.2) is 50.7 Å². The molecule has 0 saturated heterocycles. The molecular weight excluding hydrogens is 400 g/mol. The zero-order valence-corrected chi connectivity index (χ0v) is 15.3. The molecule has 0 fully saturated rings. The van der Waals surface area contributed by atoms with Crippen LogP contribution >= 0.6 is 27.3 Å². The lowest BCUT2D eigenvalue weighted by molar-refractivity contribution is 0.602. The maximum Gasteiger partial charge on any atom is 0.273 e. The fourth-order valence-corrected chi connectivity index (χ4v) is 4.98. The van der Waals surface area contributed by atoms with E-state index in [2.05, 4.69) is 36.8 Å². The zero-order valence-electron chi connectivity index (χ0n) is 12.1. The first kappa shape index (κ1) is 16.2. The van der Waals surface area contributed by atoms with E-state index in [1.54, 1.807) is 10.7 Å². The minimum absolute atomic E-state index is 0.0576. The van der Waals surface area contributed by atoms with Gasteiger partial charge in [0.05, 0.1) is 10.3 Å². The van der Waals surface area contributed by atoms with Gasteiger partial charge in [-0.1, -0.05) is 29.8 Å². The van der Waals surface area contributed by atoms with E-state index < -0.39 is 10.0 Å². The molecule has 0 aliphatic heterocycles. The molecule has 3 rings (SSSR count). The third-order valence-corrected chi connectivity index (χ3v) is 6.45. The van der Waals surface area contributed by atoms with Crippen molar-refractivity contribution in [2.75, 3.05) is 4.72 Å². The molecule has 3 aromatic rings. The third-order valence-electron chi connectivity index (χ3n) is 3.00. The molecule has 0 unspecified atom stereocenters. The Hall–Kier alpha value is -1.71. The summed E-state index contributed by atoms with van der Waals surface area (Å²) in [6.07, 6.45) is 1.50. The van der Waals surface area contributed by atoms with Crippen LogP contribution in [0, 0.1) is 6.92 Å². The molecule has 0 amide bonds. The Kier molecular flexibility index (Phi) is 4.51. The molecule has 120 valence electrons. The van der Waals surface area contributed by atoms with Gasteiger partial charge in [-0.05, 0) is 40.5 Å². The number of benzene rings is 1. The van der Waals surface area contributed by atoms with Crippen LogP contribution in [0.1, 0.15) is 11.1 Å². The Morgan fingerprint density at radius 2 is 2.13 bits per heavy atom. The highest BCUT2D eigenvalue weighted by Gasteiger charge is 2.18. The Bertz CT molecular complexity index is 934. The maximum absolute atomic E-state index is 12.2. The van der Waals surface area contributed by atoms with E-state index in [1.807, 2.05) is 25.1 Å². The minimum Gasteiger partial charge on any atom is -0.246 e. The van der Waals surface area contributed by atoms with Gasteiger partial charge in [0, 0.05) is 0 Å². The number of rotatable bonds is 5. The van der Waals surface area contributed by atoms with Crippen LogP contribution in [0.25, 0.3) is 0 Å². The molecule has 1 N–H and O–H groups in total. The van der Waals surface area contributed by atoms with Crippen molar-refractivity contribution >= 4 is 43.2 Å². The van der Waals surface area contributed by atoms with Crippen molar-refractivity contribution in [1.29, 1.82) is 0 Å². The average Bonchev–Trinajstić information content (AvgIpc) is 3.08. The van der Waals surface area contributed by atoms with Gasteiger partial charge >= 0.3 is 0 Å². The zero-order chi connectivity index (χ0) is 16.4. The number of hydrogen-bond donors (Lipinski definition) is 1. The van der Waals surface area contributed by atoms with E-state index in [0.717, 1.165) is 26.3 Å². The Morgan fingerprint density at radius 3 is 2.83 bits per heavy atom. The van der Waals surface area contributed by atoms with Crippen molar-refractivity contribution in [3.8, 4) is 0 Å². The molecule has 1 aromatic carbocycles. The largest absolute Gasteiger partial charge is 0.273 e. The summed E-state index contributed by atoms with van der Waals surface area (Å²) < 4.78 is 29.4. The van der Waals surface area contributed by atoms with Gasteiger partial charge in [-0.3, -0.25) is 0 Å². The molecule has 9 heteroatoms. The summed E-state index contributed by atoms with van der Waals surface area (Å²) in [6, 6.07) is 11.2. The quantitative estimate of drug-likeness (QED) is 0.697. The number of anilines is 1. The van der Waals surface area contributed by atoms with Crippen LogP contribution in [0.3, 0.4) is 0 Å². The second kappa shape index (κ2) is 6.42. The summed E-state index contributed by atoms with van der Waals surface area (Å²) in [5.41, 5.74) is 2.23. The monoisotopic (exact) mass is 412 g/mol. The highest BCUT2D eigenvalue weighted by molar-refractivity contribution is 9.11. The standard InChI is InChI=1S/C14H13BrN4O2S2/c1-10-3-2-4-11(7-10)8-19-9-16-14(17-19)18-23(20,21)13-6-5-12(15)22-13/h2-7,9H,8H2,1H3,(H,17,18). The Labute approximate surface area is 146 Å². The van der Waals surface area contributed by atoms with Gasteiger partial charge in [0.1, 0.15) is 10.5 Å². The van der Waals surface area contributed by atoms with E-state index in [9.17, 15) is 8.42 Å². The highest BCUT2D eigenvalue weighted by Crippen LogP contribution is 2.26. The van der Waals surface area contributed by atoms with Gasteiger partial charge in [-0.2, -0.15) is 4.98 Å². The molecule has 0 saturated carbocycles. The van der Waals surface area contributed by atoms with Gasteiger partial charge in [0.25, 0.3) is 16.0 Å². The van der Waals surface area contributed by atoms with Crippen molar-refractivity contribution in [3.63, 3.8) is 0 Å². The SMILES string of the molecule is Cc1cccc(Cn2cnc(NS(=O)(=O)c3ccc(Br)s3)n2)c1. The van der Waals surface area contributed by atoms with Crippen molar-refractivity contribution < 1.29 is 8.42 Å². The summed E-state index contributed by atoms with van der Waals surface area (Å²) in [6.45, 7) is 2.55. The number of nitrogens with one attached hydrogen (secondary N) is 1. The molecule has 0 aliphatic rings. The van der Waals surface area contributed by atoms with Gasteiger partial charge in [-0.25, -0.2) is 17.8 Å². The predicted octanol–water partition coefficient (Wildman–Crippen LogP) is 3.26. The molecule has 0 atom stereocenters. The molecular formula is C14H13BrN4O2S2. The number of hydrogen-bond acceptors (Lipinski definition) is 5. The summed E-state index contributed by atoms with van der Waals surface area (Å²) in [5.74, 6) is 0.0576. The fourth-order valence-electron chi connectivity index (χ4n) is 2.03. The smallest absolute Gasteiger partial charge is 0.246 e. The summed E-state index contributed by atoms with van der Waals surface area (Å²) >= 11 is 4.38. The van der Waals surface area contributed by atoms with E-state index in [0.29, 0.717) is 6.54 Å². The van der Waals surface area contributed by atoms with E-state index in [-0.39, 0.29) is 10.2 Å². The predicted molar refractivity (Wildman–Crippen MR) is 93.1 cm³/mol. The molecule has 0 radical (unpaired) electrons. The van der Waals surface area contributed by atoms with E-state index >= 15 is 0 Å². The number of sulfonamides is 1. The number of thiophene rings is 1. The van der Waals surface area contributed by atoms with E-state index in [1.165, 1.54) is 12.4 Å². The van der Waals surface area contributed by atoms with Crippen molar-refractivity contribution in [2.24, 2.45) is 0 Å². The van der Waals surface area contributed by atoms with Crippen molar-refractivity contribution in [3.05, 3.63) is 57.6 Å².